The van der Waals surface area contributed by atoms with Crippen molar-refractivity contribution in [2.24, 2.45) is 0 Å². The standard InChI is InChI=1S/C10H15N7O2/c1-7(10(18)11-5-6-19-2)12-8-3-4-9-13-15-16-17(9)14-8/h3-4,7H,5-6H2,1-2H3,(H,11,18)(H,12,14). The second kappa shape index (κ2) is 6.05. The van der Waals surface area contributed by atoms with Gasteiger partial charge in [0.2, 0.25) is 5.91 Å². The average Bonchev–Trinajstić information content (AvgIpc) is 2.86. The first-order chi connectivity index (χ1) is 9.20. The van der Waals surface area contributed by atoms with Crippen molar-refractivity contribution in [1.29, 1.82) is 0 Å². The summed E-state index contributed by atoms with van der Waals surface area (Å²) in [5.41, 5.74) is 0.544. The topological polar surface area (TPSA) is 106 Å². The number of nitrogens with zero attached hydrogens (tertiary/aromatic N) is 5. The molecule has 2 aromatic heterocycles. The maximum atomic E-state index is 11.7. The number of anilines is 1. The van der Waals surface area contributed by atoms with Gasteiger partial charge in [-0.25, -0.2) is 0 Å². The number of ether oxygens (including phenoxy) is 1. The summed E-state index contributed by atoms with van der Waals surface area (Å²) in [5.74, 6) is 0.393. The highest BCUT2D eigenvalue weighted by molar-refractivity contribution is 5.83. The van der Waals surface area contributed by atoms with Crippen molar-refractivity contribution in [2.75, 3.05) is 25.6 Å². The van der Waals surface area contributed by atoms with Gasteiger partial charge in [-0.3, -0.25) is 4.79 Å². The first-order valence-electron chi connectivity index (χ1n) is 5.79. The highest BCUT2D eigenvalue weighted by Crippen LogP contribution is 2.04. The molecule has 0 spiro atoms. The Morgan fingerprint density at radius 3 is 3.16 bits per heavy atom. The average molecular weight is 265 g/mol. The normalized spacial score (nSPS) is 12.3. The molecule has 0 aliphatic rings. The molecule has 2 aromatic rings. The van der Waals surface area contributed by atoms with Gasteiger partial charge < -0.3 is 15.4 Å². The predicted octanol–water partition coefficient (Wildman–Crippen LogP) is -0.918. The summed E-state index contributed by atoms with van der Waals surface area (Å²) in [5, 5.41) is 20.7. The Labute approximate surface area is 109 Å². The van der Waals surface area contributed by atoms with Gasteiger partial charge in [-0.2, -0.15) is 0 Å². The van der Waals surface area contributed by atoms with Gasteiger partial charge in [0.15, 0.2) is 5.65 Å². The molecule has 0 aromatic carbocycles. The van der Waals surface area contributed by atoms with E-state index in [2.05, 4.69) is 31.3 Å². The van der Waals surface area contributed by atoms with E-state index in [4.69, 9.17) is 4.74 Å². The van der Waals surface area contributed by atoms with Gasteiger partial charge in [0, 0.05) is 13.7 Å². The third kappa shape index (κ3) is 3.35. The molecule has 2 rings (SSSR count). The Hall–Kier alpha value is -2.29. The molecular weight excluding hydrogens is 250 g/mol. The van der Waals surface area contributed by atoms with Crippen LogP contribution in [0.1, 0.15) is 6.92 Å². The Morgan fingerprint density at radius 1 is 1.53 bits per heavy atom. The molecule has 102 valence electrons. The highest BCUT2D eigenvalue weighted by atomic mass is 16.5. The number of fused-ring (bicyclic) bond motifs is 1. The van der Waals surface area contributed by atoms with Crippen molar-refractivity contribution in [3.8, 4) is 0 Å². The number of aromatic nitrogens is 5. The van der Waals surface area contributed by atoms with Crippen LogP contribution in [0.2, 0.25) is 0 Å². The molecule has 0 saturated heterocycles. The van der Waals surface area contributed by atoms with Gasteiger partial charge in [-0.05, 0) is 29.5 Å². The summed E-state index contributed by atoms with van der Waals surface area (Å²) in [6.45, 7) is 2.70. The van der Waals surface area contributed by atoms with Crippen LogP contribution in [0, 0.1) is 0 Å². The maximum absolute atomic E-state index is 11.7. The number of carbonyl (C=O) groups is 1. The van der Waals surface area contributed by atoms with E-state index < -0.39 is 6.04 Å². The largest absolute Gasteiger partial charge is 0.383 e. The molecule has 0 fully saturated rings. The number of amides is 1. The van der Waals surface area contributed by atoms with Crippen molar-refractivity contribution in [3.63, 3.8) is 0 Å². The van der Waals surface area contributed by atoms with Crippen LogP contribution < -0.4 is 10.6 Å². The van der Waals surface area contributed by atoms with Crippen LogP contribution in [-0.4, -0.2) is 57.5 Å². The maximum Gasteiger partial charge on any atom is 0.242 e. The molecule has 0 bridgehead atoms. The lowest BCUT2D eigenvalue weighted by molar-refractivity contribution is -0.121. The molecule has 2 heterocycles. The van der Waals surface area contributed by atoms with E-state index in [-0.39, 0.29) is 5.91 Å². The molecule has 0 aliphatic heterocycles. The zero-order chi connectivity index (χ0) is 13.7. The van der Waals surface area contributed by atoms with Crippen LogP contribution in [0.4, 0.5) is 5.82 Å². The van der Waals surface area contributed by atoms with Crippen molar-refractivity contribution >= 4 is 17.4 Å². The van der Waals surface area contributed by atoms with Gasteiger partial charge in [0.05, 0.1) is 6.61 Å². The van der Waals surface area contributed by atoms with Crippen molar-refractivity contribution in [3.05, 3.63) is 12.1 Å². The number of tetrazole rings is 1. The molecular formula is C10H15N7O2. The summed E-state index contributed by atoms with van der Waals surface area (Å²) in [4.78, 5) is 11.7. The van der Waals surface area contributed by atoms with Gasteiger partial charge in [0.1, 0.15) is 11.9 Å². The van der Waals surface area contributed by atoms with Crippen LogP contribution >= 0.6 is 0 Å². The Morgan fingerprint density at radius 2 is 2.37 bits per heavy atom. The smallest absolute Gasteiger partial charge is 0.242 e. The fraction of sp³-hybridized carbons (Fsp3) is 0.500. The lowest BCUT2D eigenvalue weighted by Gasteiger charge is -2.14. The number of rotatable bonds is 6. The highest BCUT2D eigenvalue weighted by Gasteiger charge is 2.13. The van der Waals surface area contributed by atoms with Crippen molar-refractivity contribution in [2.45, 2.75) is 13.0 Å². The molecule has 1 amide bonds. The fourth-order valence-electron chi connectivity index (χ4n) is 1.44. The summed E-state index contributed by atoms with van der Waals surface area (Å²) in [6.07, 6.45) is 0. The van der Waals surface area contributed by atoms with Gasteiger partial charge in [-0.1, -0.05) is 0 Å². The molecule has 1 unspecified atom stereocenters. The number of nitrogens with one attached hydrogen (secondary N) is 2. The van der Waals surface area contributed by atoms with E-state index >= 15 is 0 Å². The lowest BCUT2D eigenvalue weighted by atomic mass is 10.3. The molecule has 9 nitrogen and oxygen atoms in total. The zero-order valence-corrected chi connectivity index (χ0v) is 10.7. The molecule has 0 saturated carbocycles. The van der Waals surface area contributed by atoms with Crippen LogP contribution in [0.5, 0.6) is 0 Å². The molecule has 0 aliphatic carbocycles. The van der Waals surface area contributed by atoms with E-state index in [1.165, 1.54) is 4.63 Å². The van der Waals surface area contributed by atoms with E-state index in [0.717, 1.165) is 0 Å². The second-order valence-corrected chi connectivity index (χ2v) is 3.89. The summed E-state index contributed by atoms with van der Waals surface area (Å²) >= 11 is 0. The Bertz CT molecular complexity index is 556. The lowest BCUT2D eigenvalue weighted by Crippen LogP contribution is -2.39. The van der Waals surface area contributed by atoms with Crippen molar-refractivity contribution < 1.29 is 9.53 Å². The molecule has 0 radical (unpaired) electrons. The third-order valence-electron chi connectivity index (χ3n) is 2.43. The first kappa shape index (κ1) is 13.1. The Balaban J connectivity index is 1.93. The third-order valence-corrected chi connectivity index (χ3v) is 2.43. The van der Waals surface area contributed by atoms with Crippen LogP contribution in [-0.2, 0) is 9.53 Å². The monoisotopic (exact) mass is 265 g/mol. The van der Waals surface area contributed by atoms with Gasteiger partial charge in [-0.15, -0.1) is 14.8 Å². The first-order valence-corrected chi connectivity index (χ1v) is 5.79. The molecule has 2 N–H and O–H groups in total. The van der Waals surface area contributed by atoms with Crippen LogP contribution in [0.3, 0.4) is 0 Å². The summed E-state index contributed by atoms with van der Waals surface area (Å²) in [7, 11) is 1.58. The minimum Gasteiger partial charge on any atom is -0.383 e. The number of hydrogen-bond acceptors (Lipinski definition) is 7. The predicted molar refractivity (Wildman–Crippen MR) is 66.5 cm³/mol. The summed E-state index contributed by atoms with van der Waals surface area (Å²) in [6, 6.07) is 3.01. The zero-order valence-electron chi connectivity index (χ0n) is 10.7. The SMILES string of the molecule is COCCNC(=O)C(C)Nc1ccc2nnnn2n1. The minimum absolute atomic E-state index is 0.129. The summed E-state index contributed by atoms with van der Waals surface area (Å²) < 4.78 is 6.15. The van der Waals surface area contributed by atoms with Gasteiger partial charge in [0.25, 0.3) is 0 Å². The van der Waals surface area contributed by atoms with E-state index in [0.29, 0.717) is 24.6 Å². The quantitative estimate of drug-likeness (QED) is 0.651. The van der Waals surface area contributed by atoms with E-state index in [9.17, 15) is 4.79 Å². The molecule has 1 atom stereocenters. The van der Waals surface area contributed by atoms with Crippen LogP contribution in [0.15, 0.2) is 12.1 Å². The van der Waals surface area contributed by atoms with Gasteiger partial charge >= 0.3 is 0 Å². The minimum atomic E-state index is -0.418. The molecule has 19 heavy (non-hydrogen) atoms. The Kier molecular flexibility index (Phi) is 4.18. The van der Waals surface area contributed by atoms with E-state index in [1.54, 1.807) is 26.2 Å². The fourth-order valence-corrected chi connectivity index (χ4v) is 1.44. The number of hydrogen-bond donors (Lipinski definition) is 2. The van der Waals surface area contributed by atoms with E-state index in [1.807, 2.05) is 0 Å². The van der Waals surface area contributed by atoms with Crippen LogP contribution in [0.25, 0.3) is 5.65 Å². The number of carbonyl (C=O) groups excluding carboxylic acids is 1. The van der Waals surface area contributed by atoms with Crippen molar-refractivity contribution in [1.82, 2.24) is 30.6 Å². The molecule has 9 heteroatoms. The second-order valence-electron chi connectivity index (χ2n) is 3.89. The number of methoxy groups -OCH3 is 1.